The third-order valence-corrected chi connectivity index (χ3v) is 4.87. The van der Waals surface area contributed by atoms with E-state index in [1.54, 1.807) is 0 Å². The third-order valence-electron chi connectivity index (χ3n) is 1.62. The van der Waals surface area contributed by atoms with E-state index >= 15 is 0 Å². The van der Waals surface area contributed by atoms with Gasteiger partial charge in [-0.3, -0.25) is 0 Å². The molecule has 0 atom stereocenters. The monoisotopic (exact) mass is 267 g/mol. The van der Waals surface area contributed by atoms with Crippen LogP contribution in [0.3, 0.4) is 0 Å². The number of nitrogens with zero attached hydrogens (tertiary/aromatic N) is 1. The maximum absolute atomic E-state index is 12.9. The second kappa shape index (κ2) is 4.02. The summed E-state index contributed by atoms with van der Waals surface area (Å²) in [7, 11) is -8.03. The first-order chi connectivity index (χ1) is 7.12. The molecule has 90 valence electrons. The van der Waals surface area contributed by atoms with E-state index in [1.165, 1.54) is 12.1 Å². The summed E-state index contributed by atoms with van der Waals surface area (Å²) in [6.07, 6.45) is 1.47. The normalized spacial score (nSPS) is 12.4. The quantitative estimate of drug-likeness (QED) is 0.802. The molecule has 0 saturated heterocycles. The first-order valence-corrected chi connectivity index (χ1v) is 7.78. The number of halogens is 1. The molecule has 0 aliphatic rings. The molecule has 16 heavy (non-hydrogen) atoms. The van der Waals surface area contributed by atoms with Crippen molar-refractivity contribution in [1.29, 1.82) is 0 Å². The summed E-state index contributed by atoms with van der Waals surface area (Å²) in [6.45, 7) is 0. The molecular formula is C8H10FNO4S2. The number of hydrogen-bond acceptors (Lipinski definition) is 4. The van der Waals surface area contributed by atoms with Crippen molar-refractivity contribution in [2.24, 2.45) is 0 Å². The highest BCUT2D eigenvalue weighted by molar-refractivity contribution is 8.09. The number of anilines is 1. The molecule has 0 amide bonds. The Morgan fingerprint density at radius 2 is 1.56 bits per heavy atom. The van der Waals surface area contributed by atoms with Crippen LogP contribution in [0.2, 0.25) is 0 Å². The van der Waals surface area contributed by atoms with Crippen molar-refractivity contribution in [3.05, 3.63) is 30.1 Å². The lowest BCUT2D eigenvalue weighted by molar-refractivity contribution is 0.590. The van der Waals surface area contributed by atoms with Crippen molar-refractivity contribution >= 4 is 25.7 Å². The van der Waals surface area contributed by atoms with Gasteiger partial charge in [-0.2, -0.15) is 3.71 Å². The topological polar surface area (TPSA) is 71.5 Å². The van der Waals surface area contributed by atoms with E-state index in [9.17, 15) is 21.2 Å². The largest absolute Gasteiger partial charge is 0.245 e. The Balaban J connectivity index is 3.47. The van der Waals surface area contributed by atoms with Gasteiger partial charge < -0.3 is 0 Å². The van der Waals surface area contributed by atoms with Crippen molar-refractivity contribution in [3.8, 4) is 0 Å². The van der Waals surface area contributed by atoms with Gasteiger partial charge in [0, 0.05) is 0 Å². The fraction of sp³-hybridized carbons (Fsp3) is 0.250. The van der Waals surface area contributed by atoms with Crippen LogP contribution < -0.4 is 3.71 Å². The Hall–Kier alpha value is -1.15. The van der Waals surface area contributed by atoms with Crippen molar-refractivity contribution in [2.75, 3.05) is 16.2 Å². The van der Waals surface area contributed by atoms with Crippen LogP contribution in [0.1, 0.15) is 0 Å². The van der Waals surface area contributed by atoms with Gasteiger partial charge in [-0.1, -0.05) is 6.07 Å². The fourth-order valence-corrected chi connectivity index (χ4v) is 4.18. The zero-order valence-electron chi connectivity index (χ0n) is 8.58. The average Bonchev–Trinajstić information content (AvgIpc) is 1.97. The predicted octanol–water partition coefficient (Wildman–Crippen LogP) is 0.551. The Morgan fingerprint density at radius 3 is 1.94 bits per heavy atom. The van der Waals surface area contributed by atoms with Crippen molar-refractivity contribution in [2.45, 2.75) is 0 Å². The van der Waals surface area contributed by atoms with Crippen molar-refractivity contribution in [3.63, 3.8) is 0 Å². The molecule has 0 unspecified atom stereocenters. The number of benzene rings is 1. The lowest BCUT2D eigenvalue weighted by Crippen LogP contribution is -2.35. The predicted molar refractivity (Wildman–Crippen MR) is 58.6 cm³/mol. The van der Waals surface area contributed by atoms with Crippen LogP contribution >= 0.6 is 0 Å². The standard InChI is InChI=1S/C8H10FNO4S2/c1-15(11,12)10(16(2,13)14)8-5-3-4-7(9)6-8/h3-6H,1-2H3. The van der Waals surface area contributed by atoms with Gasteiger partial charge >= 0.3 is 0 Å². The van der Waals surface area contributed by atoms with Crippen LogP contribution in [0.25, 0.3) is 0 Å². The highest BCUT2D eigenvalue weighted by Crippen LogP contribution is 2.21. The Morgan fingerprint density at radius 1 is 1.06 bits per heavy atom. The van der Waals surface area contributed by atoms with Crippen LogP contribution in [0.4, 0.5) is 10.1 Å². The Labute approximate surface area is 93.6 Å². The molecule has 1 aromatic carbocycles. The molecule has 1 rings (SSSR count). The van der Waals surface area contributed by atoms with Crippen molar-refractivity contribution in [1.82, 2.24) is 0 Å². The third kappa shape index (κ3) is 2.92. The van der Waals surface area contributed by atoms with Crippen molar-refractivity contribution < 1.29 is 21.2 Å². The van der Waals surface area contributed by atoms with E-state index in [2.05, 4.69) is 0 Å². The molecule has 0 fully saturated rings. The summed E-state index contributed by atoms with van der Waals surface area (Å²) in [5.74, 6) is -0.713. The molecule has 1 aromatic rings. The summed E-state index contributed by atoms with van der Waals surface area (Å²) in [6, 6.07) is 4.35. The minimum Gasteiger partial charge on any atom is -0.207 e. The number of sulfonamides is 2. The first-order valence-electron chi connectivity index (χ1n) is 4.08. The van der Waals surface area contributed by atoms with E-state index in [-0.39, 0.29) is 9.40 Å². The van der Waals surface area contributed by atoms with E-state index in [4.69, 9.17) is 0 Å². The lowest BCUT2D eigenvalue weighted by Gasteiger charge is -2.19. The molecule has 0 heterocycles. The van der Waals surface area contributed by atoms with Gasteiger partial charge in [0.15, 0.2) is 0 Å². The van der Waals surface area contributed by atoms with Gasteiger partial charge in [-0.05, 0) is 18.2 Å². The van der Waals surface area contributed by atoms with E-state index in [1.807, 2.05) is 0 Å². The highest BCUT2D eigenvalue weighted by atomic mass is 32.3. The smallest absolute Gasteiger partial charge is 0.207 e. The molecule has 0 aliphatic heterocycles. The van der Waals surface area contributed by atoms with Crippen LogP contribution in [0.5, 0.6) is 0 Å². The van der Waals surface area contributed by atoms with Gasteiger partial charge in [0.2, 0.25) is 20.0 Å². The molecule has 8 heteroatoms. The molecule has 0 radical (unpaired) electrons. The van der Waals surface area contributed by atoms with E-state index < -0.39 is 25.9 Å². The maximum Gasteiger partial charge on any atom is 0.245 e. The number of rotatable bonds is 3. The summed E-state index contributed by atoms with van der Waals surface area (Å²) in [5, 5.41) is 0. The summed E-state index contributed by atoms with van der Waals surface area (Å²) in [5.41, 5.74) is -0.245. The van der Waals surface area contributed by atoms with Gasteiger partial charge in [0.25, 0.3) is 0 Å². The Bertz CT molecular complexity index is 562. The van der Waals surface area contributed by atoms with Gasteiger partial charge in [0.05, 0.1) is 18.2 Å². The van der Waals surface area contributed by atoms with Crippen LogP contribution in [-0.2, 0) is 20.0 Å². The molecule has 0 N–H and O–H groups in total. The second-order valence-corrected chi connectivity index (χ2v) is 7.10. The molecule has 0 aliphatic carbocycles. The fourth-order valence-electron chi connectivity index (χ4n) is 1.22. The van der Waals surface area contributed by atoms with Gasteiger partial charge in [-0.15, -0.1) is 0 Å². The second-order valence-electron chi connectivity index (χ2n) is 3.20. The zero-order chi connectivity index (χ0) is 12.6. The summed E-state index contributed by atoms with van der Waals surface area (Å²) >= 11 is 0. The molecular weight excluding hydrogens is 257 g/mol. The SMILES string of the molecule is CS(=O)(=O)N(c1cccc(F)c1)S(C)(=O)=O. The summed E-state index contributed by atoms with van der Waals surface area (Å²) < 4.78 is 58.3. The average molecular weight is 267 g/mol. The minimum atomic E-state index is -4.01. The minimum absolute atomic E-state index is 0.184. The first kappa shape index (κ1) is 12.9. The summed E-state index contributed by atoms with van der Waals surface area (Å²) in [4.78, 5) is 0. The number of hydrogen-bond donors (Lipinski definition) is 0. The zero-order valence-corrected chi connectivity index (χ0v) is 10.2. The van der Waals surface area contributed by atoms with Crippen LogP contribution in [-0.4, -0.2) is 29.3 Å². The van der Waals surface area contributed by atoms with Gasteiger partial charge in [-0.25, -0.2) is 21.2 Å². The van der Waals surface area contributed by atoms with Crippen LogP contribution in [0, 0.1) is 5.82 Å². The highest BCUT2D eigenvalue weighted by Gasteiger charge is 2.27. The Kier molecular flexibility index (Phi) is 3.25. The van der Waals surface area contributed by atoms with E-state index in [0.29, 0.717) is 0 Å². The molecule has 5 nitrogen and oxygen atoms in total. The molecule has 0 spiro atoms. The molecule has 0 bridgehead atoms. The van der Waals surface area contributed by atoms with E-state index in [0.717, 1.165) is 24.6 Å². The maximum atomic E-state index is 12.9. The molecule has 0 saturated carbocycles. The lowest BCUT2D eigenvalue weighted by atomic mass is 10.3. The van der Waals surface area contributed by atoms with Crippen LogP contribution in [0.15, 0.2) is 24.3 Å². The molecule has 0 aromatic heterocycles. The van der Waals surface area contributed by atoms with Gasteiger partial charge in [0.1, 0.15) is 5.82 Å².